The number of aromatic nitrogens is 1. The molecule has 0 radical (unpaired) electrons. The maximum absolute atomic E-state index is 12.5. The SMILES string of the molecule is CCOc1cc(/C=C/C(=O)Nc2nc(-c3ccccc3)c(C)s2)ccc1OCc1ccccc1. The number of thiazole rings is 1. The largest absolute Gasteiger partial charge is 0.490 e. The van der Waals surface area contributed by atoms with Crippen LogP contribution >= 0.6 is 11.3 Å². The lowest BCUT2D eigenvalue weighted by atomic mass is 10.1. The minimum atomic E-state index is -0.240. The van der Waals surface area contributed by atoms with E-state index in [2.05, 4.69) is 10.3 Å². The average molecular weight is 471 g/mol. The summed E-state index contributed by atoms with van der Waals surface area (Å²) in [4.78, 5) is 18.1. The molecule has 172 valence electrons. The average Bonchev–Trinajstić information content (AvgIpc) is 3.23. The van der Waals surface area contributed by atoms with Crippen LogP contribution in [0.25, 0.3) is 17.3 Å². The monoisotopic (exact) mass is 470 g/mol. The highest BCUT2D eigenvalue weighted by molar-refractivity contribution is 7.16. The molecule has 0 unspecified atom stereocenters. The van der Waals surface area contributed by atoms with E-state index in [-0.39, 0.29) is 5.91 Å². The molecule has 1 N–H and O–H groups in total. The molecule has 0 bridgehead atoms. The van der Waals surface area contributed by atoms with Crippen molar-refractivity contribution in [2.75, 3.05) is 11.9 Å². The first kappa shape index (κ1) is 23.3. The van der Waals surface area contributed by atoms with Crippen LogP contribution in [-0.4, -0.2) is 17.5 Å². The first-order valence-corrected chi connectivity index (χ1v) is 11.9. The number of carbonyl (C=O) groups excluding carboxylic acids is 1. The summed E-state index contributed by atoms with van der Waals surface area (Å²) >= 11 is 1.46. The number of hydrogen-bond donors (Lipinski definition) is 1. The van der Waals surface area contributed by atoms with Crippen LogP contribution < -0.4 is 14.8 Å². The molecule has 0 spiro atoms. The summed E-state index contributed by atoms with van der Waals surface area (Å²) in [5, 5.41) is 3.43. The Morgan fingerprint density at radius 2 is 1.71 bits per heavy atom. The Kier molecular flexibility index (Phi) is 7.73. The van der Waals surface area contributed by atoms with E-state index in [1.54, 1.807) is 6.08 Å². The minimum Gasteiger partial charge on any atom is -0.490 e. The van der Waals surface area contributed by atoms with Gasteiger partial charge in [-0.15, -0.1) is 11.3 Å². The zero-order valence-corrected chi connectivity index (χ0v) is 20.0. The van der Waals surface area contributed by atoms with Crippen molar-refractivity contribution in [1.29, 1.82) is 0 Å². The zero-order chi connectivity index (χ0) is 23.8. The number of nitrogens with one attached hydrogen (secondary N) is 1. The fourth-order valence-electron chi connectivity index (χ4n) is 3.38. The van der Waals surface area contributed by atoms with Gasteiger partial charge in [0.05, 0.1) is 12.3 Å². The summed E-state index contributed by atoms with van der Waals surface area (Å²) in [5.74, 6) is 1.07. The van der Waals surface area contributed by atoms with Gasteiger partial charge < -0.3 is 9.47 Å². The lowest BCUT2D eigenvalue weighted by Gasteiger charge is -2.12. The molecule has 0 aliphatic rings. The number of hydrogen-bond acceptors (Lipinski definition) is 5. The van der Waals surface area contributed by atoms with Gasteiger partial charge in [-0.2, -0.15) is 0 Å². The van der Waals surface area contributed by atoms with Gasteiger partial charge in [0.15, 0.2) is 16.6 Å². The van der Waals surface area contributed by atoms with Crippen molar-refractivity contribution in [3.8, 4) is 22.8 Å². The van der Waals surface area contributed by atoms with Gasteiger partial charge in [0.1, 0.15) is 6.61 Å². The number of nitrogens with zero attached hydrogens (tertiary/aromatic N) is 1. The van der Waals surface area contributed by atoms with Gasteiger partial charge in [-0.1, -0.05) is 66.7 Å². The molecule has 0 aliphatic carbocycles. The van der Waals surface area contributed by atoms with Gasteiger partial charge in [-0.3, -0.25) is 10.1 Å². The van der Waals surface area contributed by atoms with E-state index >= 15 is 0 Å². The lowest BCUT2D eigenvalue weighted by Crippen LogP contribution is -2.07. The molecule has 0 atom stereocenters. The molecule has 4 aromatic rings. The maximum atomic E-state index is 12.5. The zero-order valence-electron chi connectivity index (χ0n) is 19.2. The Morgan fingerprint density at radius 1 is 0.971 bits per heavy atom. The van der Waals surface area contributed by atoms with Crippen LogP contribution in [0, 0.1) is 6.92 Å². The number of rotatable bonds is 9. The van der Waals surface area contributed by atoms with E-state index in [0.717, 1.165) is 27.3 Å². The molecule has 0 saturated carbocycles. The van der Waals surface area contributed by atoms with Gasteiger partial charge in [0.2, 0.25) is 5.91 Å². The third-order valence-corrected chi connectivity index (χ3v) is 5.89. The second-order valence-corrected chi connectivity index (χ2v) is 8.73. The highest BCUT2D eigenvalue weighted by Crippen LogP contribution is 2.31. The third kappa shape index (κ3) is 6.11. The van der Waals surface area contributed by atoms with Crippen LogP contribution in [0.4, 0.5) is 5.13 Å². The summed E-state index contributed by atoms with van der Waals surface area (Å²) < 4.78 is 11.7. The lowest BCUT2D eigenvalue weighted by molar-refractivity contribution is -0.111. The van der Waals surface area contributed by atoms with Crippen molar-refractivity contribution in [2.45, 2.75) is 20.5 Å². The standard InChI is InChI=1S/C28H26N2O3S/c1-3-32-25-18-21(14-16-24(25)33-19-22-10-6-4-7-11-22)15-17-26(31)29-28-30-27(20(2)34-28)23-12-8-5-9-13-23/h4-18H,3,19H2,1-2H3,(H,29,30,31)/b17-15+. The fraction of sp³-hybridized carbons (Fsp3) is 0.143. The third-order valence-electron chi connectivity index (χ3n) is 5.01. The Morgan fingerprint density at radius 3 is 2.44 bits per heavy atom. The number of anilines is 1. The number of benzene rings is 3. The molecule has 1 amide bonds. The van der Waals surface area contributed by atoms with E-state index in [1.165, 1.54) is 17.4 Å². The van der Waals surface area contributed by atoms with Crippen LogP contribution in [0.5, 0.6) is 11.5 Å². The summed E-state index contributed by atoms with van der Waals surface area (Å²) in [6.45, 7) is 4.90. The van der Waals surface area contributed by atoms with Gasteiger partial charge >= 0.3 is 0 Å². The first-order chi connectivity index (χ1) is 16.6. The van der Waals surface area contributed by atoms with Crippen molar-refractivity contribution in [3.05, 3.63) is 101 Å². The molecule has 0 aliphatic heterocycles. The Labute approximate surface area is 203 Å². The topological polar surface area (TPSA) is 60.5 Å². The summed E-state index contributed by atoms with van der Waals surface area (Å²) in [5.41, 5.74) is 3.84. The van der Waals surface area contributed by atoms with Crippen molar-refractivity contribution in [1.82, 2.24) is 4.98 Å². The maximum Gasteiger partial charge on any atom is 0.250 e. The van der Waals surface area contributed by atoms with Crippen molar-refractivity contribution in [2.24, 2.45) is 0 Å². The summed E-state index contributed by atoms with van der Waals surface area (Å²) in [6, 6.07) is 25.5. The van der Waals surface area contributed by atoms with E-state index in [0.29, 0.717) is 29.8 Å². The molecular weight excluding hydrogens is 444 g/mol. The predicted molar refractivity (Wildman–Crippen MR) is 138 cm³/mol. The Hall–Kier alpha value is -3.90. The van der Waals surface area contributed by atoms with E-state index in [1.807, 2.05) is 92.7 Å². The Balaban J connectivity index is 1.41. The van der Waals surface area contributed by atoms with Gasteiger partial charge in [-0.05, 0) is 43.2 Å². The van der Waals surface area contributed by atoms with E-state index in [4.69, 9.17) is 9.47 Å². The molecule has 1 heterocycles. The second kappa shape index (κ2) is 11.3. The smallest absolute Gasteiger partial charge is 0.250 e. The highest BCUT2D eigenvalue weighted by atomic mass is 32.1. The van der Waals surface area contributed by atoms with Gasteiger partial charge in [0.25, 0.3) is 0 Å². The van der Waals surface area contributed by atoms with Crippen LogP contribution in [0.15, 0.2) is 84.9 Å². The van der Waals surface area contributed by atoms with Crippen LogP contribution in [0.2, 0.25) is 0 Å². The van der Waals surface area contributed by atoms with Crippen LogP contribution in [-0.2, 0) is 11.4 Å². The van der Waals surface area contributed by atoms with E-state index in [9.17, 15) is 4.79 Å². The predicted octanol–water partition coefficient (Wildman–Crippen LogP) is 6.75. The summed E-state index contributed by atoms with van der Waals surface area (Å²) in [6.07, 6.45) is 3.24. The fourth-order valence-corrected chi connectivity index (χ4v) is 4.22. The number of aryl methyl sites for hydroxylation is 1. The second-order valence-electron chi connectivity index (χ2n) is 7.53. The van der Waals surface area contributed by atoms with Crippen molar-refractivity contribution < 1.29 is 14.3 Å². The number of carbonyl (C=O) groups is 1. The molecule has 4 rings (SSSR count). The first-order valence-electron chi connectivity index (χ1n) is 11.1. The van der Waals surface area contributed by atoms with Gasteiger partial charge in [-0.25, -0.2) is 4.98 Å². The van der Waals surface area contributed by atoms with Crippen LogP contribution in [0.1, 0.15) is 22.9 Å². The van der Waals surface area contributed by atoms with Gasteiger partial charge in [0, 0.05) is 16.5 Å². The van der Waals surface area contributed by atoms with Crippen molar-refractivity contribution in [3.63, 3.8) is 0 Å². The van der Waals surface area contributed by atoms with Crippen LogP contribution in [0.3, 0.4) is 0 Å². The highest BCUT2D eigenvalue weighted by Gasteiger charge is 2.11. The molecule has 1 aromatic heterocycles. The number of amides is 1. The number of ether oxygens (including phenoxy) is 2. The Bertz CT molecular complexity index is 1270. The quantitative estimate of drug-likeness (QED) is 0.275. The normalized spacial score (nSPS) is 10.9. The van der Waals surface area contributed by atoms with E-state index < -0.39 is 0 Å². The van der Waals surface area contributed by atoms with Crippen molar-refractivity contribution >= 4 is 28.5 Å². The molecule has 0 fully saturated rings. The molecule has 3 aromatic carbocycles. The molecule has 6 heteroatoms. The molecule has 34 heavy (non-hydrogen) atoms. The molecule has 5 nitrogen and oxygen atoms in total. The summed E-state index contributed by atoms with van der Waals surface area (Å²) in [7, 11) is 0. The molecular formula is C28H26N2O3S. The minimum absolute atomic E-state index is 0.240. The molecule has 0 saturated heterocycles.